The second-order valence-electron chi connectivity index (χ2n) is 5.83. The predicted molar refractivity (Wildman–Crippen MR) is 94.7 cm³/mol. The number of thiazole rings is 1. The van der Waals surface area contributed by atoms with Crippen molar-refractivity contribution < 1.29 is 9.21 Å². The fourth-order valence-electron chi connectivity index (χ4n) is 3.33. The highest BCUT2D eigenvalue weighted by atomic mass is 35.5. The number of piperidine rings is 1. The van der Waals surface area contributed by atoms with Crippen molar-refractivity contribution >= 4 is 42.1 Å². The number of carbonyl (C=O) groups is 1. The van der Waals surface area contributed by atoms with Crippen molar-refractivity contribution in [3.8, 4) is 10.6 Å². The summed E-state index contributed by atoms with van der Waals surface area (Å²) in [5.41, 5.74) is 1.42. The fraction of sp³-hybridized carbons (Fsp3) is 0.467. The first-order valence-corrected chi connectivity index (χ1v) is 8.21. The molecule has 2 atom stereocenters. The summed E-state index contributed by atoms with van der Waals surface area (Å²) in [6, 6.07) is 3.28. The minimum absolute atomic E-state index is 0. The average Bonchev–Trinajstić information content (AvgIpc) is 3.18. The Balaban J connectivity index is 0.000000960. The molecule has 2 N–H and O–H groups in total. The van der Waals surface area contributed by atoms with Gasteiger partial charge in [0.15, 0.2) is 0 Å². The van der Waals surface area contributed by atoms with E-state index in [0.29, 0.717) is 17.8 Å². The van der Waals surface area contributed by atoms with Crippen molar-refractivity contribution in [1.82, 2.24) is 15.6 Å². The minimum atomic E-state index is -0.0627. The number of amides is 1. The van der Waals surface area contributed by atoms with Gasteiger partial charge in [0.25, 0.3) is 5.91 Å². The molecule has 4 heterocycles. The molecule has 0 aromatic carbocycles. The number of halogens is 2. The van der Waals surface area contributed by atoms with Crippen LogP contribution in [0.1, 0.15) is 36.2 Å². The van der Waals surface area contributed by atoms with Crippen LogP contribution in [0.5, 0.6) is 0 Å². The normalized spacial score (nSPS) is 25.3. The van der Waals surface area contributed by atoms with E-state index in [9.17, 15) is 4.79 Å². The van der Waals surface area contributed by atoms with Gasteiger partial charge in [-0.25, -0.2) is 4.98 Å². The van der Waals surface area contributed by atoms with Crippen molar-refractivity contribution in [2.24, 2.45) is 0 Å². The molecule has 126 valence electrons. The van der Waals surface area contributed by atoms with E-state index in [0.717, 1.165) is 23.4 Å². The van der Waals surface area contributed by atoms with E-state index in [1.54, 1.807) is 12.5 Å². The Labute approximate surface area is 151 Å². The third kappa shape index (κ3) is 3.88. The number of rotatable bonds is 3. The van der Waals surface area contributed by atoms with E-state index in [4.69, 9.17) is 4.42 Å². The quantitative estimate of drug-likeness (QED) is 0.863. The van der Waals surface area contributed by atoms with Crippen LogP contribution >= 0.6 is 36.2 Å². The highest BCUT2D eigenvalue weighted by molar-refractivity contribution is 7.13. The first kappa shape index (κ1) is 18.3. The van der Waals surface area contributed by atoms with Crippen molar-refractivity contribution in [2.45, 2.75) is 43.8 Å². The number of fused-ring (bicyclic) bond motifs is 2. The molecule has 1 amide bonds. The first-order chi connectivity index (χ1) is 10.3. The number of nitrogens with zero attached hydrogens (tertiary/aromatic N) is 1. The van der Waals surface area contributed by atoms with Crippen LogP contribution in [0.2, 0.25) is 0 Å². The Morgan fingerprint density at radius 1 is 1.30 bits per heavy atom. The lowest BCUT2D eigenvalue weighted by Crippen LogP contribution is -2.48. The number of hydrogen-bond acceptors (Lipinski definition) is 5. The summed E-state index contributed by atoms with van der Waals surface area (Å²) in [6.45, 7) is 0. The highest BCUT2D eigenvalue weighted by Gasteiger charge is 2.34. The summed E-state index contributed by atoms with van der Waals surface area (Å²) in [7, 11) is 0. The van der Waals surface area contributed by atoms with Gasteiger partial charge >= 0.3 is 0 Å². The zero-order valence-corrected chi connectivity index (χ0v) is 14.8. The monoisotopic (exact) mass is 375 g/mol. The van der Waals surface area contributed by atoms with Crippen LogP contribution in [0.15, 0.2) is 28.4 Å². The number of aromatic nitrogens is 1. The molecular weight excluding hydrogens is 357 g/mol. The van der Waals surface area contributed by atoms with Gasteiger partial charge in [0.2, 0.25) is 0 Å². The van der Waals surface area contributed by atoms with Gasteiger partial charge in [-0.15, -0.1) is 36.2 Å². The predicted octanol–water partition coefficient (Wildman–Crippen LogP) is 3.26. The number of nitrogens with one attached hydrogen (secondary N) is 2. The Hall–Kier alpha value is -1.08. The third-order valence-corrected chi connectivity index (χ3v) is 5.20. The van der Waals surface area contributed by atoms with Gasteiger partial charge in [-0.05, 0) is 31.7 Å². The van der Waals surface area contributed by atoms with E-state index in [1.807, 2.05) is 11.4 Å². The average molecular weight is 376 g/mol. The van der Waals surface area contributed by atoms with E-state index in [2.05, 4.69) is 15.6 Å². The molecule has 2 aliphatic heterocycles. The Bertz CT molecular complexity index is 635. The van der Waals surface area contributed by atoms with Crippen LogP contribution in [0.4, 0.5) is 0 Å². The largest absolute Gasteiger partial charge is 0.472 e. The molecule has 5 nitrogen and oxygen atoms in total. The lowest BCUT2D eigenvalue weighted by atomic mass is 10.00. The van der Waals surface area contributed by atoms with Crippen LogP contribution in [0.3, 0.4) is 0 Å². The molecule has 0 radical (unpaired) electrons. The van der Waals surface area contributed by atoms with E-state index in [-0.39, 0.29) is 36.8 Å². The minimum Gasteiger partial charge on any atom is -0.472 e. The molecule has 4 rings (SSSR count). The van der Waals surface area contributed by atoms with Gasteiger partial charge in [-0.3, -0.25) is 4.79 Å². The maximum absolute atomic E-state index is 12.3. The Kier molecular flexibility index (Phi) is 6.08. The number of furan rings is 1. The molecule has 2 bridgehead atoms. The molecule has 8 heteroatoms. The molecular formula is C15H19Cl2N3O2S. The van der Waals surface area contributed by atoms with Gasteiger partial charge in [0.1, 0.15) is 17.0 Å². The lowest BCUT2D eigenvalue weighted by molar-refractivity contribution is 0.0919. The van der Waals surface area contributed by atoms with Crippen LogP contribution < -0.4 is 10.6 Å². The first-order valence-electron chi connectivity index (χ1n) is 7.33. The van der Waals surface area contributed by atoms with Crippen molar-refractivity contribution in [3.63, 3.8) is 0 Å². The zero-order valence-electron chi connectivity index (χ0n) is 12.4. The van der Waals surface area contributed by atoms with Gasteiger partial charge < -0.3 is 15.1 Å². The summed E-state index contributed by atoms with van der Waals surface area (Å²) in [6.07, 6.45) is 7.78. The zero-order chi connectivity index (χ0) is 14.2. The topological polar surface area (TPSA) is 67.2 Å². The molecule has 23 heavy (non-hydrogen) atoms. The Morgan fingerprint density at radius 3 is 2.70 bits per heavy atom. The summed E-state index contributed by atoms with van der Waals surface area (Å²) >= 11 is 1.47. The molecule has 2 aliphatic rings. The number of carbonyl (C=O) groups excluding carboxylic acids is 1. The van der Waals surface area contributed by atoms with Crippen molar-refractivity contribution in [2.75, 3.05) is 0 Å². The molecule has 0 aliphatic carbocycles. The molecule has 2 saturated heterocycles. The van der Waals surface area contributed by atoms with Gasteiger partial charge in [0, 0.05) is 29.1 Å². The molecule has 2 unspecified atom stereocenters. The van der Waals surface area contributed by atoms with Crippen molar-refractivity contribution in [1.29, 1.82) is 0 Å². The Morgan fingerprint density at radius 2 is 2.04 bits per heavy atom. The van der Waals surface area contributed by atoms with Crippen LogP contribution in [0, 0.1) is 0 Å². The second kappa shape index (κ2) is 7.66. The van der Waals surface area contributed by atoms with Crippen LogP contribution in [0.25, 0.3) is 10.6 Å². The standard InChI is InChI=1S/C15H17N3O2S.2ClH/c19-14(17-12-5-10-1-2-11(6-12)16-10)13-8-21-15(18-13)9-3-4-20-7-9;;/h3-4,7-8,10-12,16H,1-2,5-6H2,(H,17,19);2*1H. The van der Waals surface area contributed by atoms with Gasteiger partial charge in [-0.1, -0.05) is 0 Å². The number of hydrogen-bond donors (Lipinski definition) is 2. The van der Waals surface area contributed by atoms with Crippen LogP contribution in [-0.2, 0) is 0 Å². The van der Waals surface area contributed by atoms with E-state index >= 15 is 0 Å². The highest BCUT2D eigenvalue weighted by Crippen LogP contribution is 2.27. The molecule has 2 aromatic heterocycles. The lowest BCUT2D eigenvalue weighted by Gasteiger charge is -2.29. The third-order valence-electron chi connectivity index (χ3n) is 4.31. The summed E-state index contributed by atoms with van der Waals surface area (Å²) < 4.78 is 5.05. The SMILES string of the molecule is Cl.Cl.O=C(NC1CC2CCC(C1)N2)c1csc(-c2ccoc2)n1. The van der Waals surface area contributed by atoms with Gasteiger partial charge in [-0.2, -0.15) is 0 Å². The molecule has 2 aromatic rings. The van der Waals surface area contributed by atoms with E-state index in [1.165, 1.54) is 24.2 Å². The molecule has 2 fully saturated rings. The van der Waals surface area contributed by atoms with E-state index < -0.39 is 0 Å². The molecule has 0 spiro atoms. The fourth-order valence-corrected chi connectivity index (χ4v) is 4.12. The summed E-state index contributed by atoms with van der Waals surface area (Å²) in [5, 5.41) is 9.35. The van der Waals surface area contributed by atoms with Gasteiger partial charge in [0.05, 0.1) is 6.26 Å². The summed E-state index contributed by atoms with van der Waals surface area (Å²) in [4.78, 5) is 16.7. The smallest absolute Gasteiger partial charge is 0.270 e. The maximum Gasteiger partial charge on any atom is 0.270 e. The van der Waals surface area contributed by atoms with Crippen molar-refractivity contribution in [3.05, 3.63) is 29.7 Å². The van der Waals surface area contributed by atoms with Crippen LogP contribution in [-0.4, -0.2) is 29.0 Å². The second-order valence-corrected chi connectivity index (χ2v) is 6.69. The maximum atomic E-state index is 12.3. The molecule has 0 saturated carbocycles. The summed E-state index contributed by atoms with van der Waals surface area (Å²) in [5.74, 6) is -0.0627.